The second kappa shape index (κ2) is 5.93. The summed E-state index contributed by atoms with van der Waals surface area (Å²) in [6.07, 6.45) is 3.67. The van der Waals surface area contributed by atoms with Crippen LogP contribution in [0.1, 0.15) is 18.4 Å². The summed E-state index contributed by atoms with van der Waals surface area (Å²) in [6, 6.07) is 2.13. The summed E-state index contributed by atoms with van der Waals surface area (Å²) >= 11 is 0. The summed E-state index contributed by atoms with van der Waals surface area (Å²) in [6.45, 7) is 1.94. The van der Waals surface area contributed by atoms with Gasteiger partial charge in [0, 0.05) is 31.8 Å². The van der Waals surface area contributed by atoms with Gasteiger partial charge in [-0.25, -0.2) is 9.37 Å². The number of anilines is 1. The SMILES string of the molecule is COCCNc1ncc(F)cc1CNC1CC1. The van der Waals surface area contributed by atoms with Gasteiger partial charge in [0.05, 0.1) is 12.8 Å². The zero-order valence-electron chi connectivity index (χ0n) is 10.0. The van der Waals surface area contributed by atoms with Crippen molar-refractivity contribution < 1.29 is 9.13 Å². The molecule has 1 fully saturated rings. The lowest BCUT2D eigenvalue weighted by Gasteiger charge is -2.11. The molecule has 1 heterocycles. The molecule has 17 heavy (non-hydrogen) atoms. The van der Waals surface area contributed by atoms with E-state index in [4.69, 9.17) is 4.74 Å². The van der Waals surface area contributed by atoms with Crippen LogP contribution in [0, 0.1) is 5.82 Å². The van der Waals surface area contributed by atoms with E-state index in [0.29, 0.717) is 25.7 Å². The Hall–Kier alpha value is -1.20. The average Bonchev–Trinajstić information content (AvgIpc) is 3.13. The molecule has 0 spiro atoms. The summed E-state index contributed by atoms with van der Waals surface area (Å²) in [5, 5.41) is 6.50. The van der Waals surface area contributed by atoms with Gasteiger partial charge in [-0.3, -0.25) is 0 Å². The smallest absolute Gasteiger partial charge is 0.141 e. The van der Waals surface area contributed by atoms with Crippen molar-refractivity contribution in [1.29, 1.82) is 0 Å². The van der Waals surface area contributed by atoms with E-state index in [1.165, 1.54) is 25.1 Å². The van der Waals surface area contributed by atoms with E-state index in [9.17, 15) is 4.39 Å². The number of hydrogen-bond donors (Lipinski definition) is 2. The van der Waals surface area contributed by atoms with Crippen molar-refractivity contribution in [2.24, 2.45) is 0 Å². The van der Waals surface area contributed by atoms with Gasteiger partial charge in [-0.05, 0) is 18.9 Å². The van der Waals surface area contributed by atoms with Crippen LogP contribution in [0.25, 0.3) is 0 Å². The van der Waals surface area contributed by atoms with E-state index in [1.807, 2.05) is 0 Å². The number of halogens is 1. The van der Waals surface area contributed by atoms with E-state index in [-0.39, 0.29) is 5.82 Å². The fraction of sp³-hybridized carbons (Fsp3) is 0.583. The third kappa shape index (κ3) is 3.94. The minimum Gasteiger partial charge on any atom is -0.383 e. The minimum atomic E-state index is -0.296. The molecule has 2 N–H and O–H groups in total. The van der Waals surface area contributed by atoms with E-state index in [0.717, 1.165) is 11.4 Å². The summed E-state index contributed by atoms with van der Waals surface area (Å²) in [4.78, 5) is 4.07. The summed E-state index contributed by atoms with van der Waals surface area (Å²) in [5.74, 6) is 0.437. The molecule has 5 heteroatoms. The van der Waals surface area contributed by atoms with Crippen molar-refractivity contribution in [2.45, 2.75) is 25.4 Å². The quantitative estimate of drug-likeness (QED) is 0.708. The van der Waals surface area contributed by atoms with Gasteiger partial charge in [-0.1, -0.05) is 0 Å². The zero-order valence-corrected chi connectivity index (χ0v) is 10.0. The van der Waals surface area contributed by atoms with Crippen molar-refractivity contribution in [3.8, 4) is 0 Å². The van der Waals surface area contributed by atoms with Crippen molar-refractivity contribution >= 4 is 5.82 Å². The van der Waals surface area contributed by atoms with Crippen molar-refractivity contribution in [3.63, 3.8) is 0 Å². The van der Waals surface area contributed by atoms with Crippen LogP contribution in [-0.4, -0.2) is 31.3 Å². The van der Waals surface area contributed by atoms with Gasteiger partial charge in [0.15, 0.2) is 0 Å². The maximum Gasteiger partial charge on any atom is 0.141 e. The first kappa shape index (κ1) is 12.3. The number of methoxy groups -OCH3 is 1. The molecular formula is C12H18FN3O. The number of ether oxygens (including phenoxy) is 1. The summed E-state index contributed by atoms with van der Waals surface area (Å²) in [7, 11) is 1.65. The van der Waals surface area contributed by atoms with E-state index < -0.39 is 0 Å². The number of nitrogens with zero attached hydrogens (tertiary/aromatic N) is 1. The standard InChI is InChI=1S/C12H18FN3O/c1-17-5-4-14-12-9(6-10(13)8-16-12)7-15-11-2-3-11/h6,8,11,15H,2-5,7H2,1H3,(H,14,16). The topological polar surface area (TPSA) is 46.2 Å². The Labute approximate surface area is 101 Å². The van der Waals surface area contributed by atoms with Crippen molar-refractivity contribution in [2.75, 3.05) is 25.6 Å². The molecule has 0 bridgehead atoms. The zero-order chi connectivity index (χ0) is 12.1. The Morgan fingerprint density at radius 2 is 2.35 bits per heavy atom. The largest absolute Gasteiger partial charge is 0.383 e. The third-order valence-electron chi connectivity index (χ3n) is 2.69. The van der Waals surface area contributed by atoms with Crippen LogP contribution in [0.2, 0.25) is 0 Å². The van der Waals surface area contributed by atoms with Gasteiger partial charge in [0.2, 0.25) is 0 Å². The molecule has 0 aromatic carbocycles. The van der Waals surface area contributed by atoms with Crippen LogP contribution in [0.5, 0.6) is 0 Å². The number of aromatic nitrogens is 1. The Kier molecular flexibility index (Phi) is 4.28. The Bertz CT molecular complexity index is 369. The van der Waals surface area contributed by atoms with Crippen molar-refractivity contribution in [3.05, 3.63) is 23.6 Å². The fourth-order valence-electron chi connectivity index (χ4n) is 1.59. The fourth-order valence-corrected chi connectivity index (χ4v) is 1.59. The second-order valence-corrected chi connectivity index (χ2v) is 4.24. The van der Waals surface area contributed by atoms with Gasteiger partial charge >= 0.3 is 0 Å². The van der Waals surface area contributed by atoms with Crippen LogP contribution in [0.15, 0.2) is 12.3 Å². The van der Waals surface area contributed by atoms with E-state index in [1.54, 1.807) is 7.11 Å². The van der Waals surface area contributed by atoms with Gasteiger partial charge in [0.25, 0.3) is 0 Å². The minimum absolute atomic E-state index is 0.296. The molecule has 0 atom stereocenters. The normalized spacial score (nSPS) is 14.9. The average molecular weight is 239 g/mol. The molecule has 0 aliphatic heterocycles. The number of hydrogen-bond acceptors (Lipinski definition) is 4. The van der Waals surface area contributed by atoms with Crippen molar-refractivity contribution in [1.82, 2.24) is 10.3 Å². The lowest BCUT2D eigenvalue weighted by molar-refractivity contribution is 0.210. The molecule has 1 aromatic rings. The first-order valence-electron chi connectivity index (χ1n) is 5.90. The van der Waals surface area contributed by atoms with Gasteiger partial charge < -0.3 is 15.4 Å². The Morgan fingerprint density at radius 3 is 3.06 bits per heavy atom. The van der Waals surface area contributed by atoms with E-state index in [2.05, 4.69) is 15.6 Å². The number of rotatable bonds is 7. The molecule has 1 saturated carbocycles. The van der Waals surface area contributed by atoms with Gasteiger partial charge in [0.1, 0.15) is 11.6 Å². The van der Waals surface area contributed by atoms with Crippen LogP contribution in [0.4, 0.5) is 10.2 Å². The lowest BCUT2D eigenvalue weighted by Crippen LogP contribution is -2.18. The number of pyridine rings is 1. The maximum absolute atomic E-state index is 13.1. The molecule has 0 radical (unpaired) electrons. The van der Waals surface area contributed by atoms with E-state index >= 15 is 0 Å². The predicted octanol–water partition coefficient (Wildman–Crippen LogP) is 1.53. The molecule has 1 aromatic heterocycles. The second-order valence-electron chi connectivity index (χ2n) is 4.24. The highest BCUT2D eigenvalue weighted by atomic mass is 19.1. The highest BCUT2D eigenvalue weighted by molar-refractivity contribution is 5.43. The molecule has 1 aliphatic carbocycles. The first-order valence-corrected chi connectivity index (χ1v) is 5.90. The molecule has 2 rings (SSSR count). The molecule has 0 unspecified atom stereocenters. The summed E-state index contributed by atoms with van der Waals surface area (Å²) < 4.78 is 18.1. The van der Waals surface area contributed by atoms with Crippen LogP contribution in [0.3, 0.4) is 0 Å². The highest BCUT2D eigenvalue weighted by Crippen LogP contribution is 2.21. The van der Waals surface area contributed by atoms with Crippen LogP contribution < -0.4 is 10.6 Å². The molecule has 94 valence electrons. The Balaban J connectivity index is 1.95. The lowest BCUT2D eigenvalue weighted by atomic mass is 10.2. The Morgan fingerprint density at radius 1 is 1.53 bits per heavy atom. The molecular weight excluding hydrogens is 221 g/mol. The summed E-state index contributed by atoms with van der Waals surface area (Å²) in [5.41, 5.74) is 0.869. The highest BCUT2D eigenvalue weighted by Gasteiger charge is 2.20. The predicted molar refractivity (Wildman–Crippen MR) is 64.4 cm³/mol. The first-order chi connectivity index (χ1) is 8.29. The third-order valence-corrected chi connectivity index (χ3v) is 2.69. The molecule has 1 aliphatic rings. The number of nitrogens with one attached hydrogen (secondary N) is 2. The van der Waals surface area contributed by atoms with Gasteiger partial charge in [-0.15, -0.1) is 0 Å². The maximum atomic E-state index is 13.1. The molecule has 0 amide bonds. The van der Waals surface area contributed by atoms with Crippen LogP contribution in [-0.2, 0) is 11.3 Å². The monoisotopic (exact) mass is 239 g/mol. The molecule has 4 nitrogen and oxygen atoms in total. The van der Waals surface area contributed by atoms with Gasteiger partial charge in [-0.2, -0.15) is 0 Å². The van der Waals surface area contributed by atoms with Crippen LogP contribution >= 0.6 is 0 Å². The molecule has 0 saturated heterocycles.